The maximum Gasteiger partial charge on any atom is 0.224 e. The number of rotatable bonds is 5. The van der Waals surface area contributed by atoms with Gasteiger partial charge in [-0.1, -0.05) is 18.5 Å². The Labute approximate surface area is 135 Å². The van der Waals surface area contributed by atoms with Gasteiger partial charge in [0, 0.05) is 28.9 Å². The zero-order valence-electron chi connectivity index (χ0n) is 12.9. The molecule has 0 heterocycles. The van der Waals surface area contributed by atoms with Crippen LogP contribution in [0, 0.1) is 6.92 Å². The zero-order chi connectivity index (χ0) is 16.1. The predicted molar refractivity (Wildman–Crippen MR) is 91.4 cm³/mol. The van der Waals surface area contributed by atoms with Crippen LogP contribution in [0.5, 0.6) is 5.75 Å². The summed E-state index contributed by atoms with van der Waals surface area (Å²) in [6.07, 6.45) is 0.460. The van der Waals surface area contributed by atoms with E-state index in [1.54, 1.807) is 13.2 Å². The molecule has 0 spiro atoms. The molecule has 0 bridgehead atoms. The quantitative estimate of drug-likeness (QED) is 0.836. The largest absolute Gasteiger partial charge is 0.495 e. The van der Waals surface area contributed by atoms with Gasteiger partial charge in [0.2, 0.25) is 5.91 Å². The van der Waals surface area contributed by atoms with Crippen LogP contribution in [0.25, 0.3) is 0 Å². The smallest absolute Gasteiger partial charge is 0.224 e. The van der Waals surface area contributed by atoms with Crippen molar-refractivity contribution in [3.05, 3.63) is 47.0 Å². The van der Waals surface area contributed by atoms with Crippen LogP contribution in [0.2, 0.25) is 5.02 Å². The highest BCUT2D eigenvalue weighted by molar-refractivity contribution is 6.31. The number of carbonyl (C=O) groups is 1. The Morgan fingerprint density at radius 3 is 2.41 bits per heavy atom. The van der Waals surface area contributed by atoms with Crippen molar-refractivity contribution in [1.29, 1.82) is 0 Å². The molecule has 0 radical (unpaired) electrons. The van der Waals surface area contributed by atoms with Crippen LogP contribution >= 0.6 is 11.6 Å². The van der Waals surface area contributed by atoms with Crippen molar-refractivity contribution in [1.82, 2.24) is 0 Å². The minimum absolute atomic E-state index is 0.00398. The van der Waals surface area contributed by atoms with Crippen LogP contribution < -0.4 is 15.4 Å². The SMILES string of the molecule is CCC(=O)Nc1ccc(Nc2cc(C)c(Cl)cc2OC)cc1. The second kappa shape index (κ2) is 7.18. The van der Waals surface area contributed by atoms with Crippen molar-refractivity contribution >= 4 is 34.6 Å². The Morgan fingerprint density at radius 2 is 1.82 bits per heavy atom. The first kappa shape index (κ1) is 16.2. The number of carbonyl (C=O) groups excluding carboxylic acids is 1. The summed E-state index contributed by atoms with van der Waals surface area (Å²) in [5.74, 6) is 0.676. The average molecular weight is 319 g/mol. The number of aryl methyl sites for hydroxylation is 1. The van der Waals surface area contributed by atoms with Crippen LogP contribution in [0.15, 0.2) is 36.4 Å². The first-order valence-electron chi connectivity index (χ1n) is 7.04. The minimum atomic E-state index is -0.00398. The molecule has 2 aromatic rings. The lowest BCUT2D eigenvalue weighted by molar-refractivity contribution is -0.115. The second-order valence-electron chi connectivity index (χ2n) is 4.91. The van der Waals surface area contributed by atoms with Gasteiger partial charge in [-0.3, -0.25) is 4.79 Å². The average Bonchev–Trinajstić information content (AvgIpc) is 2.52. The summed E-state index contributed by atoms with van der Waals surface area (Å²) < 4.78 is 5.34. The van der Waals surface area contributed by atoms with E-state index < -0.39 is 0 Å². The third kappa shape index (κ3) is 3.92. The van der Waals surface area contributed by atoms with Gasteiger partial charge in [0.1, 0.15) is 5.75 Å². The van der Waals surface area contributed by atoms with Crippen LogP contribution in [0.1, 0.15) is 18.9 Å². The number of hydrogen-bond acceptors (Lipinski definition) is 3. The fraction of sp³-hybridized carbons (Fsp3) is 0.235. The first-order chi connectivity index (χ1) is 10.5. The van der Waals surface area contributed by atoms with E-state index >= 15 is 0 Å². The van der Waals surface area contributed by atoms with Crippen LogP contribution in [-0.2, 0) is 4.79 Å². The van der Waals surface area contributed by atoms with Crippen LogP contribution in [-0.4, -0.2) is 13.0 Å². The monoisotopic (exact) mass is 318 g/mol. The van der Waals surface area contributed by atoms with Crippen molar-refractivity contribution in [2.24, 2.45) is 0 Å². The van der Waals surface area contributed by atoms with Gasteiger partial charge in [0.25, 0.3) is 0 Å². The number of ether oxygens (including phenoxy) is 1. The highest BCUT2D eigenvalue weighted by Crippen LogP contribution is 2.33. The Balaban J connectivity index is 2.17. The molecule has 4 nitrogen and oxygen atoms in total. The van der Waals surface area contributed by atoms with Gasteiger partial charge in [0.15, 0.2) is 0 Å². The first-order valence-corrected chi connectivity index (χ1v) is 7.42. The van der Waals surface area contributed by atoms with Crippen molar-refractivity contribution in [2.45, 2.75) is 20.3 Å². The molecule has 2 rings (SSSR count). The van der Waals surface area contributed by atoms with Gasteiger partial charge in [-0.2, -0.15) is 0 Å². The predicted octanol–water partition coefficient (Wildman–Crippen LogP) is 4.75. The lowest BCUT2D eigenvalue weighted by Gasteiger charge is -2.13. The van der Waals surface area contributed by atoms with E-state index in [1.165, 1.54) is 0 Å². The van der Waals surface area contributed by atoms with Gasteiger partial charge >= 0.3 is 0 Å². The van der Waals surface area contributed by atoms with E-state index in [9.17, 15) is 4.79 Å². The third-order valence-electron chi connectivity index (χ3n) is 3.25. The molecule has 22 heavy (non-hydrogen) atoms. The molecule has 0 aromatic heterocycles. The van der Waals surface area contributed by atoms with E-state index in [0.29, 0.717) is 17.2 Å². The summed E-state index contributed by atoms with van der Waals surface area (Å²) in [4.78, 5) is 11.4. The summed E-state index contributed by atoms with van der Waals surface area (Å²) in [6.45, 7) is 3.76. The highest BCUT2D eigenvalue weighted by Gasteiger charge is 2.07. The van der Waals surface area contributed by atoms with Crippen molar-refractivity contribution in [3.63, 3.8) is 0 Å². The number of amides is 1. The van der Waals surface area contributed by atoms with E-state index in [-0.39, 0.29) is 5.91 Å². The maximum absolute atomic E-state index is 11.4. The normalized spacial score (nSPS) is 10.2. The molecule has 0 aliphatic carbocycles. The molecule has 2 N–H and O–H groups in total. The van der Waals surface area contributed by atoms with Gasteiger partial charge in [-0.15, -0.1) is 0 Å². The molecule has 0 saturated heterocycles. The molecule has 0 atom stereocenters. The third-order valence-corrected chi connectivity index (χ3v) is 3.66. The van der Waals surface area contributed by atoms with E-state index in [2.05, 4.69) is 10.6 Å². The standard InChI is InChI=1S/C17H19ClN2O2/c1-4-17(21)20-13-7-5-12(6-8-13)19-15-9-11(2)14(18)10-16(15)22-3/h5-10,19H,4H2,1-3H3,(H,20,21). The Morgan fingerprint density at radius 1 is 1.18 bits per heavy atom. The Kier molecular flexibility index (Phi) is 5.28. The zero-order valence-corrected chi connectivity index (χ0v) is 13.6. The molecule has 116 valence electrons. The molecular weight excluding hydrogens is 300 g/mol. The Hall–Kier alpha value is -2.20. The fourth-order valence-corrected chi connectivity index (χ4v) is 2.13. The maximum atomic E-state index is 11.4. The molecule has 2 aromatic carbocycles. The number of methoxy groups -OCH3 is 1. The summed E-state index contributed by atoms with van der Waals surface area (Å²) >= 11 is 6.10. The number of anilines is 3. The minimum Gasteiger partial charge on any atom is -0.495 e. The van der Waals surface area contributed by atoms with Gasteiger partial charge in [-0.25, -0.2) is 0 Å². The van der Waals surface area contributed by atoms with E-state index in [1.807, 2.05) is 44.2 Å². The molecular formula is C17H19ClN2O2. The second-order valence-corrected chi connectivity index (χ2v) is 5.31. The molecule has 5 heteroatoms. The summed E-state index contributed by atoms with van der Waals surface area (Å²) in [7, 11) is 1.61. The number of halogens is 1. The van der Waals surface area contributed by atoms with Crippen molar-refractivity contribution in [2.75, 3.05) is 17.7 Å². The molecule has 0 aliphatic heterocycles. The van der Waals surface area contributed by atoms with Crippen LogP contribution in [0.4, 0.5) is 17.1 Å². The van der Waals surface area contributed by atoms with E-state index in [4.69, 9.17) is 16.3 Å². The van der Waals surface area contributed by atoms with Crippen LogP contribution in [0.3, 0.4) is 0 Å². The molecule has 0 aliphatic rings. The molecule has 1 amide bonds. The number of hydrogen-bond donors (Lipinski definition) is 2. The molecule has 0 saturated carbocycles. The van der Waals surface area contributed by atoms with Gasteiger partial charge in [0.05, 0.1) is 12.8 Å². The summed E-state index contributed by atoms with van der Waals surface area (Å²) in [5, 5.41) is 6.77. The van der Waals surface area contributed by atoms with Crippen molar-refractivity contribution in [3.8, 4) is 5.75 Å². The van der Waals surface area contributed by atoms with Gasteiger partial charge < -0.3 is 15.4 Å². The van der Waals surface area contributed by atoms with Gasteiger partial charge in [-0.05, 0) is 42.8 Å². The lowest BCUT2D eigenvalue weighted by atomic mass is 10.2. The number of benzene rings is 2. The summed E-state index contributed by atoms with van der Waals surface area (Å²) in [5.41, 5.74) is 3.48. The lowest BCUT2D eigenvalue weighted by Crippen LogP contribution is -2.09. The molecule has 0 fully saturated rings. The van der Waals surface area contributed by atoms with Crippen molar-refractivity contribution < 1.29 is 9.53 Å². The fourth-order valence-electron chi connectivity index (χ4n) is 1.97. The molecule has 0 unspecified atom stereocenters. The van der Waals surface area contributed by atoms with E-state index in [0.717, 1.165) is 22.6 Å². The number of nitrogens with one attached hydrogen (secondary N) is 2. The Bertz CT molecular complexity index is 669. The topological polar surface area (TPSA) is 50.4 Å². The summed E-state index contributed by atoms with van der Waals surface area (Å²) in [6, 6.07) is 11.2. The highest BCUT2D eigenvalue weighted by atomic mass is 35.5.